The van der Waals surface area contributed by atoms with Crippen LogP contribution in [-0.4, -0.2) is 61.2 Å². The second-order valence-electron chi connectivity index (χ2n) is 5.93. The average Bonchev–Trinajstić information content (AvgIpc) is 3.15. The van der Waals surface area contributed by atoms with Crippen molar-refractivity contribution >= 4 is 29.9 Å². The first-order chi connectivity index (χ1) is 13.3. The van der Waals surface area contributed by atoms with Gasteiger partial charge in [-0.15, -0.1) is 34.2 Å². The van der Waals surface area contributed by atoms with Crippen LogP contribution < -0.4 is 15.4 Å². The molecule has 0 aliphatic rings. The van der Waals surface area contributed by atoms with Crippen LogP contribution in [0, 0.1) is 0 Å². The lowest BCUT2D eigenvalue weighted by molar-refractivity contribution is 0.208. The van der Waals surface area contributed by atoms with Gasteiger partial charge in [-0.25, -0.2) is 0 Å². The number of rotatable bonds is 11. The molecular weight excluding hydrogens is 471 g/mol. The first kappa shape index (κ1) is 24.2. The van der Waals surface area contributed by atoms with Crippen LogP contribution in [0.4, 0.5) is 0 Å². The van der Waals surface area contributed by atoms with Gasteiger partial charge in [-0.3, -0.25) is 4.99 Å². The van der Waals surface area contributed by atoms with E-state index in [0.717, 1.165) is 50.0 Å². The van der Waals surface area contributed by atoms with E-state index in [0.29, 0.717) is 13.2 Å². The number of ether oxygens (including phenoxy) is 2. The Hall–Kier alpha value is -1.88. The molecule has 0 aliphatic carbocycles. The summed E-state index contributed by atoms with van der Waals surface area (Å²) in [6.07, 6.45) is 3.48. The third-order valence-corrected chi connectivity index (χ3v) is 4.10. The van der Waals surface area contributed by atoms with Gasteiger partial charge in [0.2, 0.25) is 0 Å². The van der Waals surface area contributed by atoms with E-state index >= 15 is 0 Å². The zero-order valence-corrected chi connectivity index (χ0v) is 19.2. The Kier molecular flexibility index (Phi) is 12.2. The molecule has 1 aromatic heterocycles. The van der Waals surface area contributed by atoms with Crippen molar-refractivity contribution in [2.45, 2.75) is 26.3 Å². The second kappa shape index (κ2) is 14.2. The van der Waals surface area contributed by atoms with Gasteiger partial charge in [-0.1, -0.05) is 25.1 Å². The predicted molar refractivity (Wildman–Crippen MR) is 122 cm³/mol. The van der Waals surface area contributed by atoms with E-state index in [-0.39, 0.29) is 24.0 Å². The zero-order chi connectivity index (χ0) is 19.3. The molecule has 2 aromatic rings. The van der Waals surface area contributed by atoms with Crippen LogP contribution in [0.1, 0.15) is 18.3 Å². The molecule has 2 N–H and O–H groups in total. The highest BCUT2D eigenvalue weighted by Crippen LogP contribution is 2.17. The summed E-state index contributed by atoms with van der Waals surface area (Å²) in [4.78, 5) is 4.55. The third kappa shape index (κ3) is 8.01. The molecule has 0 saturated carbocycles. The number of para-hydroxylation sites is 1. The zero-order valence-electron chi connectivity index (χ0n) is 16.9. The van der Waals surface area contributed by atoms with Crippen LogP contribution in [0.5, 0.6) is 5.75 Å². The van der Waals surface area contributed by atoms with Crippen LogP contribution in [0.15, 0.2) is 35.6 Å². The molecule has 0 fully saturated rings. The fourth-order valence-corrected chi connectivity index (χ4v) is 2.68. The topological polar surface area (TPSA) is 85.6 Å². The minimum atomic E-state index is 0. The SMILES string of the molecule is CCc1nncn1CCNC(=NCCOC)NCCc1ccccc1OC.I. The van der Waals surface area contributed by atoms with Crippen LogP contribution >= 0.6 is 24.0 Å². The lowest BCUT2D eigenvalue weighted by atomic mass is 10.1. The second-order valence-corrected chi connectivity index (χ2v) is 5.93. The molecule has 28 heavy (non-hydrogen) atoms. The van der Waals surface area contributed by atoms with E-state index < -0.39 is 0 Å². The molecule has 8 nitrogen and oxygen atoms in total. The number of halogens is 1. The van der Waals surface area contributed by atoms with E-state index in [2.05, 4.69) is 43.4 Å². The number of aryl methyl sites for hydroxylation is 1. The number of methoxy groups -OCH3 is 2. The molecule has 0 saturated heterocycles. The Morgan fingerprint density at radius 2 is 1.96 bits per heavy atom. The van der Waals surface area contributed by atoms with Crippen LogP contribution in [0.3, 0.4) is 0 Å². The molecule has 0 atom stereocenters. The van der Waals surface area contributed by atoms with E-state index in [1.54, 1.807) is 20.5 Å². The highest BCUT2D eigenvalue weighted by molar-refractivity contribution is 14.0. The van der Waals surface area contributed by atoms with Crippen molar-refractivity contribution in [3.8, 4) is 5.75 Å². The number of guanidine groups is 1. The smallest absolute Gasteiger partial charge is 0.191 e. The Morgan fingerprint density at radius 3 is 2.71 bits per heavy atom. The Labute approximate surface area is 184 Å². The summed E-state index contributed by atoms with van der Waals surface area (Å²) in [5, 5.41) is 14.8. The van der Waals surface area contributed by atoms with Gasteiger partial charge in [0.1, 0.15) is 17.9 Å². The molecule has 0 bridgehead atoms. The van der Waals surface area contributed by atoms with Crippen molar-refractivity contribution in [1.29, 1.82) is 0 Å². The highest BCUT2D eigenvalue weighted by Gasteiger charge is 2.04. The van der Waals surface area contributed by atoms with Gasteiger partial charge < -0.3 is 24.7 Å². The largest absolute Gasteiger partial charge is 0.496 e. The number of hydrogen-bond acceptors (Lipinski definition) is 5. The molecule has 1 aromatic carbocycles. The van der Waals surface area contributed by atoms with Crippen molar-refractivity contribution < 1.29 is 9.47 Å². The van der Waals surface area contributed by atoms with Crippen LogP contribution in [0.2, 0.25) is 0 Å². The Morgan fingerprint density at radius 1 is 1.18 bits per heavy atom. The van der Waals surface area contributed by atoms with Gasteiger partial charge in [-0.05, 0) is 18.1 Å². The number of nitrogens with one attached hydrogen (secondary N) is 2. The van der Waals surface area contributed by atoms with Gasteiger partial charge in [0.15, 0.2) is 5.96 Å². The molecule has 0 spiro atoms. The molecule has 0 aliphatic heterocycles. The quantitative estimate of drug-likeness (QED) is 0.211. The number of nitrogens with zero attached hydrogens (tertiary/aromatic N) is 4. The number of aromatic nitrogens is 3. The minimum absolute atomic E-state index is 0. The first-order valence-electron chi connectivity index (χ1n) is 9.28. The van der Waals surface area contributed by atoms with E-state index in [4.69, 9.17) is 9.47 Å². The van der Waals surface area contributed by atoms with Crippen LogP contribution in [-0.2, 0) is 24.1 Å². The van der Waals surface area contributed by atoms with Crippen molar-refractivity contribution in [3.63, 3.8) is 0 Å². The van der Waals surface area contributed by atoms with Gasteiger partial charge in [0.05, 0.1) is 20.3 Å². The van der Waals surface area contributed by atoms with Gasteiger partial charge in [-0.2, -0.15) is 0 Å². The molecule has 1 heterocycles. The van der Waals surface area contributed by atoms with Gasteiger partial charge in [0, 0.05) is 33.2 Å². The van der Waals surface area contributed by atoms with E-state index in [9.17, 15) is 0 Å². The summed E-state index contributed by atoms with van der Waals surface area (Å²) >= 11 is 0. The standard InChI is InChI=1S/C19H30N6O2.HI/c1-4-18-24-23-15-25(18)13-11-21-19(22-12-14-26-2)20-10-9-16-7-5-6-8-17(16)27-3;/h5-8,15H,4,9-14H2,1-3H3,(H2,20,21,22);1H. The third-order valence-electron chi connectivity index (χ3n) is 4.10. The number of hydrogen-bond donors (Lipinski definition) is 2. The van der Waals surface area contributed by atoms with Crippen molar-refractivity contribution in [2.75, 3.05) is 40.5 Å². The summed E-state index contributed by atoms with van der Waals surface area (Å²) in [6, 6.07) is 8.05. The fraction of sp³-hybridized carbons (Fsp3) is 0.526. The maximum absolute atomic E-state index is 5.41. The fourth-order valence-electron chi connectivity index (χ4n) is 2.68. The molecule has 0 radical (unpaired) electrons. The van der Waals surface area contributed by atoms with Gasteiger partial charge in [0.25, 0.3) is 0 Å². The van der Waals surface area contributed by atoms with Crippen molar-refractivity contribution in [3.05, 3.63) is 42.0 Å². The highest BCUT2D eigenvalue weighted by atomic mass is 127. The van der Waals surface area contributed by atoms with Crippen molar-refractivity contribution in [2.24, 2.45) is 4.99 Å². The Balaban J connectivity index is 0.00000392. The first-order valence-corrected chi connectivity index (χ1v) is 9.28. The lowest BCUT2D eigenvalue weighted by Gasteiger charge is -2.14. The monoisotopic (exact) mass is 502 g/mol. The summed E-state index contributed by atoms with van der Waals surface area (Å²) in [6.45, 7) is 5.54. The average molecular weight is 502 g/mol. The maximum Gasteiger partial charge on any atom is 0.191 e. The maximum atomic E-state index is 5.41. The molecule has 0 amide bonds. The summed E-state index contributed by atoms with van der Waals surface area (Å²) < 4.78 is 12.5. The predicted octanol–water partition coefficient (Wildman–Crippen LogP) is 1.89. The lowest BCUT2D eigenvalue weighted by Crippen LogP contribution is -2.40. The molecule has 0 unspecified atom stereocenters. The number of benzene rings is 1. The molecule has 9 heteroatoms. The normalized spacial score (nSPS) is 11.0. The number of aliphatic imine (C=N–C) groups is 1. The van der Waals surface area contributed by atoms with Crippen molar-refractivity contribution in [1.82, 2.24) is 25.4 Å². The van der Waals surface area contributed by atoms with Gasteiger partial charge >= 0.3 is 0 Å². The molecule has 156 valence electrons. The van der Waals surface area contributed by atoms with E-state index in [1.165, 1.54) is 5.56 Å². The molecular formula is C19H31IN6O2. The molecule has 2 rings (SSSR count). The summed E-state index contributed by atoms with van der Waals surface area (Å²) in [5.41, 5.74) is 1.17. The van der Waals surface area contributed by atoms with Crippen LogP contribution in [0.25, 0.3) is 0 Å². The summed E-state index contributed by atoms with van der Waals surface area (Å²) in [5.74, 6) is 2.66. The Bertz CT molecular complexity index is 707. The van der Waals surface area contributed by atoms with E-state index in [1.807, 2.05) is 18.2 Å². The minimum Gasteiger partial charge on any atom is -0.496 e. The summed E-state index contributed by atoms with van der Waals surface area (Å²) in [7, 11) is 3.37.